The molecule has 0 saturated heterocycles. The van der Waals surface area contributed by atoms with Gasteiger partial charge < -0.3 is 15.7 Å². The van der Waals surface area contributed by atoms with Crippen LogP contribution in [0, 0.1) is 17.0 Å². The van der Waals surface area contributed by atoms with E-state index in [4.69, 9.17) is 5.11 Å². The predicted molar refractivity (Wildman–Crippen MR) is 99.6 cm³/mol. The number of carbonyl (C=O) groups excluding carboxylic acids is 1. The zero-order valence-electron chi connectivity index (χ0n) is 15.8. The van der Waals surface area contributed by atoms with E-state index >= 15 is 0 Å². The Kier molecular flexibility index (Phi) is 6.73. The van der Waals surface area contributed by atoms with Crippen molar-refractivity contribution in [2.24, 2.45) is 0 Å². The second-order valence-corrected chi connectivity index (χ2v) is 6.92. The summed E-state index contributed by atoms with van der Waals surface area (Å²) in [6, 6.07) is 4.35. The van der Waals surface area contributed by atoms with Gasteiger partial charge in [-0.15, -0.1) is 0 Å². The topological polar surface area (TPSA) is 125 Å². The number of hydrogen-bond acceptors (Lipinski definition) is 5. The Bertz CT molecular complexity index is 718. The summed E-state index contributed by atoms with van der Waals surface area (Å²) in [7, 11) is 0. The first-order valence-electron chi connectivity index (χ1n) is 8.99. The first kappa shape index (κ1) is 20.6. The molecule has 1 aromatic carbocycles. The summed E-state index contributed by atoms with van der Waals surface area (Å²) in [6.45, 7) is 6.01. The number of hydrogen-bond donors (Lipinski definition) is 3. The van der Waals surface area contributed by atoms with Crippen LogP contribution in [-0.2, 0) is 4.79 Å². The molecule has 1 aromatic rings. The number of likely N-dealkylation sites (N-methyl/N-ethyl adjacent to an activating group) is 1. The average Bonchev–Trinajstić information content (AvgIpc) is 2.55. The van der Waals surface area contributed by atoms with Crippen molar-refractivity contribution in [3.05, 3.63) is 39.4 Å². The molecule has 0 aromatic heterocycles. The summed E-state index contributed by atoms with van der Waals surface area (Å²) >= 11 is 0. The van der Waals surface area contributed by atoms with Crippen LogP contribution >= 0.6 is 0 Å². The molecule has 0 spiro atoms. The van der Waals surface area contributed by atoms with Crippen LogP contribution in [0.5, 0.6) is 0 Å². The van der Waals surface area contributed by atoms with Crippen LogP contribution in [0.15, 0.2) is 18.2 Å². The molecule has 1 fully saturated rings. The maximum absolute atomic E-state index is 12.2. The third-order valence-corrected chi connectivity index (χ3v) is 4.99. The SMILES string of the molecule is CCN(CC(=O)O)C1CC(NC(=O)NC(C)c2ccc(C)c([N+](=O)[O-])c2)C1. The van der Waals surface area contributed by atoms with E-state index in [1.165, 1.54) is 6.07 Å². The minimum atomic E-state index is -0.855. The van der Waals surface area contributed by atoms with Gasteiger partial charge >= 0.3 is 12.0 Å². The molecule has 2 rings (SSSR count). The number of carbonyl (C=O) groups is 2. The van der Waals surface area contributed by atoms with Gasteiger partial charge in [0.2, 0.25) is 0 Å². The first-order valence-corrected chi connectivity index (χ1v) is 8.99. The van der Waals surface area contributed by atoms with E-state index < -0.39 is 10.9 Å². The van der Waals surface area contributed by atoms with E-state index in [1.807, 2.05) is 11.8 Å². The van der Waals surface area contributed by atoms with Gasteiger partial charge in [0.05, 0.1) is 17.5 Å². The van der Waals surface area contributed by atoms with Crippen molar-refractivity contribution in [2.75, 3.05) is 13.1 Å². The highest BCUT2D eigenvalue weighted by Gasteiger charge is 2.34. The van der Waals surface area contributed by atoms with Crippen LogP contribution in [0.25, 0.3) is 0 Å². The Labute approximate surface area is 157 Å². The van der Waals surface area contributed by atoms with Gasteiger partial charge in [-0.1, -0.05) is 19.1 Å². The molecule has 1 aliphatic rings. The summed E-state index contributed by atoms with van der Waals surface area (Å²) in [5.41, 5.74) is 1.26. The fourth-order valence-corrected chi connectivity index (χ4v) is 3.28. The molecule has 0 bridgehead atoms. The Morgan fingerprint density at radius 2 is 2.07 bits per heavy atom. The van der Waals surface area contributed by atoms with E-state index in [0.717, 1.165) is 0 Å². The lowest BCUT2D eigenvalue weighted by molar-refractivity contribution is -0.385. The van der Waals surface area contributed by atoms with E-state index in [2.05, 4.69) is 10.6 Å². The van der Waals surface area contributed by atoms with Gasteiger partial charge in [0.15, 0.2) is 0 Å². The summed E-state index contributed by atoms with van der Waals surface area (Å²) < 4.78 is 0. The summed E-state index contributed by atoms with van der Waals surface area (Å²) in [5, 5.41) is 25.6. The van der Waals surface area contributed by atoms with Crippen molar-refractivity contribution in [2.45, 2.75) is 51.7 Å². The van der Waals surface area contributed by atoms with Crippen molar-refractivity contribution in [1.82, 2.24) is 15.5 Å². The van der Waals surface area contributed by atoms with E-state index in [0.29, 0.717) is 30.5 Å². The van der Waals surface area contributed by atoms with Gasteiger partial charge in [-0.05, 0) is 38.8 Å². The molecule has 9 nitrogen and oxygen atoms in total. The normalized spacial score (nSPS) is 19.9. The lowest BCUT2D eigenvalue weighted by atomic mass is 9.85. The first-order chi connectivity index (χ1) is 12.7. The smallest absolute Gasteiger partial charge is 0.317 e. The van der Waals surface area contributed by atoms with Gasteiger partial charge in [0, 0.05) is 23.7 Å². The summed E-state index contributed by atoms with van der Waals surface area (Å²) in [6.07, 6.45) is 1.41. The Balaban J connectivity index is 1.84. The number of nitro groups is 1. The van der Waals surface area contributed by atoms with Crippen LogP contribution < -0.4 is 10.6 Å². The predicted octanol–water partition coefficient (Wildman–Crippen LogP) is 2.20. The van der Waals surface area contributed by atoms with Crippen LogP contribution in [0.4, 0.5) is 10.5 Å². The lowest BCUT2D eigenvalue weighted by Crippen LogP contribution is -2.56. The van der Waals surface area contributed by atoms with E-state index in [9.17, 15) is 19.7 Å². The van der Waals surface area contributed by atoms with Gasteiger partial charge in [0.25, 0.3) is 5.69 Å². The number of carboxylic acids is 1. The number of carboxylic acid groups (broad SMARTS) is 1. The monoisotopic (exact) mass is 378 g/mol. The number of urea groups is 1. The fourth-order valence-electron chi connectivity index (χ4n) is 3.28. The molecule has 2 amide bonds. The minimum absolute atomic E-state index is 0.00241. The van der Waals surface area contributed by atoms with Gasteiger partial charge in [-0.2, -0.15) is 0 Å². The van der Waals surface area contributed by atoms with Crippen molar-refractivity contribution < 1.29 is 19.6 Å². The number of amides is 2. The second kappa shape index (κ2) is 8.81. The Hall–Kier alpha value is -2.68. The van der Waals surface area contributed by atoms with E-state index in [-0.39, 0.29) is 36.4 Å². The summed E-state index contributed by atoms with van der Waals surface area (Å²) in [4.78, 5) is 35.5. The molecule has 1 aliphatic carbocycles. The maximum Gasteiger partial charge on any atom is 0.317 e. The number of rotatable bonds is 8. The molecule has 0 radical (unpaired) electrons. The van der Waals surface area contributed by atoms with Crippen molar-refractivity contribution in [3.63, 3.8) is 0 Å². The molecule has 0 heterocycles. The maximum atomic E-state index is 12.2. The van der Waals surface area contributed by atoms with Crippen LogP contribution in [0.1, 0.15) is 43.9 Å². The zero-order valence-corrected chi connectivity index (χ0v) is 15.8. The van der Waals surface area contributed by atoms with Crippen LogP contribution in [0.2, 0.25) is 0 Å². The lowest BCUT2D eigenvalue weighted by Gasteiger charge is -2.42. The van der Waals surface area contributed by atoms with Crippen LogP contribution in [-0.4, -0.2) is 52.1 Å². The molecule has 1 unspecified atom stereocenters. The molecular weight excluding hydrogens is 352 g/mol. The summed E-state index contributed by atoms with van der Waals surface area (Å²) in [5.74, 6) is -0.855. The minimum Gasteiger partial charge on any atom is -0.480 e. The number of nitro benzene ring substituents is 1. The number of benzene rings is 1. The molecule has 0 aliphatic heterocycles. The standard InChI is InChI=1S/C18H26N4O5/c1-4-21(10-17(23)24)15-8-14(9-15)20-18(25)19-12(3)13-6-5-11(2)16(7-13)22(26)27/h5-7,12,14-15H,4,8-10H2,1-3H3,(H,23,24)(H2,19,20,25). The third kappa shape index (κ3) is 5.40. The Morgan fingerprint density at radius 1 is 1.41 bits per heavy atom. The van der Waals surface area contributed by atoms with Crippen LogP contribution in [0.3, 0.4) is 0 Å². The fraction of sp³-hybridized carbons (Fsp3) is 0.556. The number of aliphatic carboxylic acids is 1. The molecular formula is C18H26N4O5. The number of nitrogens with one attached hydrogen (secondary N) is 2. The highest BCUT2D eigenvalue weighted by atomic mass is 16.6. The third-order valence-electron chi connectivity index (χ3n) is 4.99. The van der Waals surface area contributed by atoms with E-state index in [1.54, 1.807) is 26.0 Å². The zero-order chi connectivity index (χ0) is 20.1. The second-order valence-electron chi connectivity index (χ2n) is 6.92. The molecule has 3 N–H and O–H groups in total. The molecule has 1 saturated carbocycles. The van der Waals surface area contributed by atoms with Gasteiger partial charge in [-0.25, -0.2) is 4.79 Å². The highest BCUT2D eigenvalue weighted by molar-refractivity contribution is 5.75. The quantitative estimate of drug-likeness (QED) is 0.470. The molecule has 27 heavy (non-hydrogen) atoms. The number of nitrogens with zero attached hydrogens (tertiary/aromatic N) is 2. The molecule has 1 atom stereocenters. The van der Waals surface area contributed by atoms with Crippen molar-refractivity contribution >= 4 is 17.7 Å². The van der Waals surface area contributed by atoms with Crippen molar-refractivity contribution in [3.8, 4) is 0 Å². The molecule has 9 heteroatoms. The molecule has 148 valence electrons. The van der Waals surface area contributed by atoms with Gasteiger partial charge in [-0.3, -0.25) is 19.8 Å². The Morgan fingerprint density at radius 3 is 2.63 bits per heavy atom. The largest absolute Gasteiger partial charge is 0.480 e. The van der Waals surface area contributed by atoms with Gasteiger partial charge in [0.1, 0.15) is 0 Å². The van der Waals surface area contributed by atoms with Crippen molar-refractivity contribution in [1.29, 1.82) is 0 Å². The average molecular weight is 378 g/mol. The number of aryl methyl sites for hydroxylation is 1. The highest BCUT2D eigenvalue weighted by Crippen LogP contribution is 2.26.